The molecule has 1 aromatic rings. The van der Waals surface area contributed by atoms with Gasteiger partial charge >= 0.3 is 11.7 Å². The van der Waals surface area contributed by atoms with Crippen molar-refractivity contribution in [3.8, 4) is 0 Å². The number of esters is 1. The second-order valence-corrected chi connectivity index (χ2v) is 3.14. The number of carbonyl (C=O) groups is 1. The average Bonchev–Trinajstić information content (AvgIpc) is 2.27. The molecule has 0 saturated carbocycles. The van der Waals surface area contributed by atoms with Crippen LogP contribution >= 0.6 is 0 Å². The Bertz CT molecular complexity index is 493. The van der Waals surface area contributed by atoms with Gasteiger partial charge in [-0.3, -0.25) is 14.9 Å². The highest BCUT2D eigenvalue weighted by Gasteiger charge is 2.29. The van der Waals surface area contributed by atoms with Gasteiger partial charge in [0, 0.05) is 6.07 Å². The largest absolute Gasteiger partial charge is 0.469 e. The van der Waals surface area contributed by atoms with Crippen molar-refractivity contribution in [2.45, 2.75) is 12.8 Å². The van der Waals surface area contributed by atoms with Gasteiger partial charge in [-0.1, -0.05) is 0 Å². The summed E-state index contributed by atoms with van der Waals surface area (Å²) >= 11 is 0. The van der Waals surface area contributed by atoms with Crippen LogP contribution in [0.4, 0.5) is 18.9 Å². The maximum Gasteiger partial charge on any atom is 0.331 e. The summed E-state index contributed by atoms with van der Waals surface area (Å²) in [7, 11) is 1.05. The smallest absolute Gasteiger partial charge is 0.331 e. The molecule has 0 aliphatic rings. The number of halogens is 3. The molecule has 0 aromatic carbocycles. The van der Waals surface area contributed by atoms with E-state index in [1.54, 1.807) is 0 Å². The highest BCUT2D eigenvalue weighted by Crippen LogP contribution is 2.30. The highest BCUT2D eigenvalue weighted by molar-refractivity contribution is 5.71. The van der Waals surface area contributed by atoms with Crippen molar-refractivity contribution in [3.63, 3.8) is 0 Å². The van der Waals surface area contributed by atoms with Crippen molar-refractivity contribution in [1.29, 1.82) is 0 Å². The maximum absolute atomic E-state index is 13.3. The first-order valence-electron chi connectivity index (χ1n) is 4.55. The number of hydrogen-bond acceptors (Lipinski definition) is 5. The first-order chi connectivity index (χ1) is 8.36. The van der Waals surface area contributed by atoms with Crippen LogP contribution in [0.2, 0.25) is 0 Å². The summed E-state index contributed by atoms with van der Waals surface area (Å²) in [6.07, 6.45) is -3.87. The molecule has 0 unspecified atom stereocenters. The molecule has 0 fully saturated rings. The van der Waals surface area contributed by atoms with E-state index in [1.807, 2.05) is 0 Å². The minimum absolute atomic E-state index is 0.361. The molecule has 0 amide bonds. The zero-order valence-corrected chi connectivity index (χ0v) is 9.02. The normalized spacial score (nSPS) is 10.5. The van der Waals surface area contributed by atoms with Crippen molar-refractivity contribution in [2.75, 3.05) is 7.11 Å². The molecule has 6 nitrogen and oxygen atoms in total. The van der Waals surface area contributed by atoms with Crippen LogP contribution in [0.5, 0.6) is 0 Å². The molecule has 1 heterocycles. The van der Waals surface area contributed by atoms with E-state index in [0.717, 1.165) is 7.11 Å². The lowest BCUT2D eigenvalue weighted by atomic mass is 10.2. The SMILES string of the molecule is COC(=O)Cc1cc(F)c([N+](=O)[O-])c(C(F)F)n1. The Balaban J connectivity index is 3.27. The third kappa shape index (κ3) is 2.93. The monoisotopic (exact) mass is 264 g/mol. The zero-order valence-electron chi connectivity index (χ0n) is 9.02. The third-order valence-corrected chi connectivity index (χ3v) is 1.97. The number of rotatable bonds is 4. The molecule has 0 spiro atoms. The molecule has 0 bridgehead atoms. The summed E-state index contributed by atoms with van der Waals surface area (Å²) in [6.45, 7) is 0. The van der Waals surface area contributed by atoms with E-state index >= 15 is 0 Å². The van der Waals surface area contributed by atoms with Crippen molar-refractivity contribution in [3.05, 3.63) is 33.4 Å². The van der Waals surface area contributed by atoms with Crippen molar-refractivity contribution >= 4 is 11.7 Å². The molecule has 0 radical (unpaired) electrons. The number of methoxy groups -OCH3 is 1. The van der Waals surface area contributed by atoms with E-state index in [2.05, 4.69) is 9.72 Å². The van der Waals surface area contributed by atoms with E-state index in [4.69, 9.17) is 0 Å². The second-order valence-electron chi connectivity index (χ2n) is 3.14. The first-order valence-corrected chi connectivity index (χ1v) is 4.55. The molecule has 0 saturated heterocycles. The van der Waals surface area contributed by atoms with Gasteiger partial charge in [-0.2, -0.15) is 4.39 Å². The lowest BCUT2D eigenvalue weighted by Gasteiger charge is -2.05. The van der Waals surface area contributed by atoms with Gasteiger partial charge in [0.15, 0.2) is 5.69 Å². The fourth-order valence-corrected chi connectivity index (χ4v) is 1.22. The summed E-state index contributed by atoms with van der Waals surface area (Å²) in [4.78, 5) is 23.2. The Morgan fingerprint density at radius 3 is 2.67 bits per heavy atom. The van der Waals surface area contributed by atoms with Gasteiger partial charge in [0.05, 0.1) is 24.1 Å². The molecule has 0 N–H and O–H groups in total. The van der Waals surface area contributed by atoms with Crippen LogP contribution in [0.25, 0.3) is 0 Å². The molecule has 0 aliphatic carbocycles. The summed E-state index contributed by atoms with van der Waals surface area (Å²) in [5.41, 5.74) is -3.06. The van der Waals surface area contributed by atoms with Gasteiger partial charge in [-0.25, -0.2) is 13.8 Å². The van der Waals surface area contributed by atoms with Gasteiger partial charge < -0.3 is 4.74 Å². The van der Waals surface area contributed by atoms with Crippen molar-refractivity contribution < 1.29 is 27.6 Å². The number of carbonyl (C=O) groups excluding carboxylic acids is 1. The number of aromatic nitrogens is 1. The number of nitrogens with zero attached hydrogens (tertiary/aromatic N) is 2. The minimum Gasteiger partial charge on any atom is -0.469 e. The quantitative estimate of drug-likeness (QED) is 0.470. The zero-order chi connectivity index (χ0) is 13.9. The summed E-state index contributed by atoms with van der Waals surface area (Å²) in [6, 6.07) is 0.556. The number of hydrogen-bond donors (Lipinski definition) is 0. The van der Waals surface area contributed by atoms with Crippen molar-refractivity contribution in [2.24, 2.45) is 0 Å². The van der Waals surface area contributed by atoms with Gasteiger partial charge in [0.1, 0.15) is 0 Å². The Morgan fingerprint density at radius 2 is 2.22 bits per heavy atom. The van der Waals surface area contributed by atoms with Gasteiger partial charge in [0.25, 0.3) is 6.43 Å². The predicted octanol–water partition coefficient (Wildman–Crippen LogP) is 1.78. The van der Waals surface area contributed by atoms with Crippen LogP contribution in [-0.4, -0.2) is 23.0 Å². The lowest BCUT2D eigenvalue weighted by Crippen LogP contribution is -2.10. The molecular formula is C9H7F3N2O4. The molecule has 1 aromatic heterocycles. The Morgan fingerprint density at radius 1 is 1.61 bits per heavy atom. The van der Waals surface area contributed by atoms with Gasteiger partial charge in [-0.05, 0) is 0 Å². The van der Waals surface area contributed by atoms with E-state index in [9.17, 15) is 28.1 Å². The molecule has 0 aliphatic heterocycles. The molecule has 0 atom stereocenters. The van der Waals surface area contributed by atoms with E-state index < -0.39 is 40.9 Å². The molecule has 9 heteroatoms. The lowest BCUT2D eigenvalue weighted by molar-refractivity contribution is -0.389. The summed E-state index contributed by atoms with van der Waals surface area (Å²) in [5, 5.41) is 10.4. The van der Waals surface area contributed by atoms with E-state index in [0.29, 0.717) is 6.07 Å². The van der Waals surface area contributed by atoms with E-state index in [-0.39, 0.29) is 5.69 Å². The van der Waals surface area contributed by atoms with Gasteiger partial charge in [0.2, 0.25) is 5.82 Å². The Labute approximate surface area is 98.5 Å². The number of nitro groups is 1. The van der Waals surface area contributed by atoms with Gasteiger partial charge in [-0.15, -0.1) is 0 Å². The van der Waals surface area contributed by atoms with Crippen LogP contribution in [0.1, 0.15) is 17.8 Å². The van der Waals surface area contributed by atoms with Crippen LogP contribution < -0.4 is 0 Å². The standard InChI is InChI=1S/C9H7F3N2O4/c1-18-6(15)3-4-2-5(10)8(14(16)17)7(13-4)9(11)12/h2,9H,3H2,1H3. The first kappa shape index (κ1) is 13.9. The molecule has 18 heavy (non-hydrogen) atoms. The number of pyridine rings is 1. The third-order valence-electron chi connectivity index (χ3n) is 1.97. The maximum atomic E-state index is 13.3. The fraction of sp³-hybridized carbons (Fsp3) is 0.333. The Hall–Kier alpha value is -2.19. The summed E-state index contributed by atoms with van der Waals surface area (Å²) in [5.74, 6) is -2.29. The fourth-order valence-electron chi connectivity index (χ4n) is 1.22. The van der Waals surface area contributed by atoms with Crippen LogP contribution in [0, 0.1) is 15.9 Å². The predicted molar refractivity (Wildman–Crippen MR) is 51.5 cm³/mol. The molecule has 98 valence electrons. The Kier molecular flexibility index (Phi) is 4.18. The topological polar surface area (TPSA) is 82.3 Å². The van der Waals surface area contributed by atoms with Crippen LogP contribution in [0.3, 0.4) is 0 Å². The highest BCUT2D eigenvalue weighted by atomic mass is 19.3. The van der Waals surface area contributed by atoms with E-state index in [1.165, 1.54) is 0 Å². The van der Waals surface area contributed by atoms with Crippen molar-refractivity contribution in [1.82, 2.24) is 4.98 Å². The minimum atomic E-state index is -3.32. The summed E-state index contributed by atoms with van der Waals surface area (Å²) < 4.78 is 42.6. The second kappa shape index (κ2) is 5.43. The van der Waals surface area contributed by atoms with Crippen LogP contribution in [0.15, 0.2) is 6.07 Å². The molecular weight excluding hydrogens is 257 g/mol. The number of ether oxygens (including phenoxy) is 1. The molecule has 1 rings (SSSR count). The van der Waals surface area contributed by atoms with Crippen LogP contribution in [-0.2, 0) is 16.0 Å². The number of alkyl halides is 2. The average molecular weight is 264 g/mol.